The second-order valence-corrected chi connectivity index (χ2v) is 22.6. The predicted octanol–water partition coefficient (Wildman–Crippen LogP) is 15.1. The summed E-state index contributed by atoms with van der Waals surface area (Å²) in [6, 6.07) is 0. The molecule has 12 nitrogen and oxygen atoms in total. The third-order valence-corrected chi connectivity index (χ3v) is 15.3. The molecule has 0 saturated heterocycles. The fourth-order valence-corrected chi connectivity index (χ4v) is 10.9. The van der Waals surface area contributed by atoms with Crippen molar-refractivity contribution in [3.8, 4) is 0 Å². The van der Waals surface area contributed by atoms with Crippen LogP contribution in [0.3, 0.4) is 0 Å². The minimum Gasteiger partial charge on any atom is -0.388 e. The summed E-state index contributed by atoms with van der Waals surface area (Å²) in [5, 5.41) is 10.8. The Hall–Kier alpha value is 0.0600. The van der Waals surface area contributed by atoms with Crippen LogP contribution >= 0.6 is 15.6 Å². The molecule has 0 aromatic carbocycles. The van der Waals surface area contributed by atoms with Crippen molar-refractivity contribution in [2.24, 2.45) is 16.2 Å². The summed E-state index contributed by atoms with van der Waals surface area (Å²) in [4.78, 5) is 21.8. The van der Waals surface area contributed by atoms with Gasteiger partial charge in [-0.2, -0.15) is 0 Å². The molecule has 0 saturated carbocycles. The van der Waals surface area contributed by atoms with E-state index < -0.39 is 47.2 Å². The molecule has 0 amide bonds. The van der Waals surface area contributed by atoms with E-state index >= 15 is 0 Å². The highest BCUT2D eigenvalue weighted by atomic mass is 31.2. The van der Waals surface area contributed by atoms with Crippen molar-refractivity contribution in [1.29, 1.82) is 0 Å². The highest BCUT2D eigenvalue weighted by Gasteiger charge is 2.35. The van der Waals surface area contributed by atoms with E-state index in [1.165, 1.54) is 0 Å². The maximum absolute atomic E-state index is 13.5. The van der Waals surface area contributed by atoms with Crippen LogP contribution in [-0.2, 0) is 41.4 Å². The van der Waals surface area contributed by atoms with Gasteiger partial charge in [0.05, 0.1) is 59.0 Å². The van der Waals surface area contributed by atoms with Crippen molar-refractivity contribution in [2.75, 3.05) is 52.9 Å². The number of ether oxygens (including phenoxy) is 3. The van der Waals surface area contributed by atoms with Crippen LogP contribution in [0.2, 0.25) is 0 Å². The van der Waals surface area contributed by atoms with E-state index in [-0.39, 0.29) is 36.1 Å². The molecule has 0 aliphatic heterocycles. The van der Waals surface area contributed by atoms with Crippen molar-refractivity contribution in [2.45, 2.75) is 261 Å². The van der Waals surface area contributed by atoms with Crippen molar-refractivity contribution in [3.63, 3.8) is 0 Å². The van der Waals surface area contributed by atoms with Gasteiger partial charge in [0.2, 0.25) is 0 Å². The standard InChI is InChI=1S/C51H106O12P2/c1-11-20-29-49(30-21-12-2,31-22-13-3)43-57-38-46(10)62-64(53,54)61-42-48(41-59-45-51(35-26-17-7,36-27-18-8)37-28-19-9)63-65(55,56)60-40-47(52)39-58-44-50(32-23-14-4,33-24-15-5)34-25-16-6/h46-48,52H,11-45H2,1-10H3,(H,53,54)(H,55,56). The Labute approximate surface area is 400 Å². The van der Waals surface area contributed by atoms with Crippen LogP contribution in [0.25, 0.3) is 0 Å². The van der Waals surface area contributed by atoms with E-state index in [2.05, 4.69) is 62.3 Å². The summed E-state index contributed by atoms with van der Waals surface area (Å²) < 4.78 is 67.4. The van der Waals surface area contributed by atoms with Crippen LogP contribution in [-0.4, -0.2) is 86.1 Å². The number of hydrogen-bond acceptors (Lipinski definition) is 10. The van der Waals surface area contributed by atoms with Gasteiger partial charge in [0.15, 0.2) is 0 Å². The van der Waals surface area contributed by atoms with Gasteiger partial charge in [-0.15, -0.1) is 0 Å². The van der Waals surface area contributed by atoms with Crippen molar-refractivity contribution in [1.82, 2.24) is 0 Å². The van der Waals surface area contributed by atoms with Gasteiger partial charge in [0.25, 0.3) is 0 Å². The van der Waals surface area contributed by atoms with Gasteiger partial charge in [-0.25, -0.2) is 9.13 Å². The first-order chi connectivity index (χ1) is 31.0. The summed E-state index contributed by atoms with van der Waals surface area (Å²) in [6.45, 7) is 21.7. The summed E-state index contributed by atoms with van der Waals surface area (Å²) in [6.07, 6.45) is 26.0. The number of aliphatic hydroxyl groups excluding tert-OH is 1. The predicted molar refractivity (Wildman–Crippen MR) is 268 cm³/mol. The van der Waals surface area contributed by atoms with Gasteiger partial charge < -0.3 is 29.1 Å². The van der Waals surface area contributed by atoms with E-state index in [4.69, 9.17) is 32.3 Å². The SMILES string of the molecule is CCCCC(CCCC)(CCCC)COCC(O)COP(=O)(O)OC(COCC(CCCC)(CCCC)CCCC)COP(=O)(O)OC(C)COCC(CCCC)(CCCC)CCCC. The molecule has 0 bridgehead atoms. The first-order valence-electron chi connectivity index (χ1n) is 26.8. The fourth-order valence-electron chi connectivity index (χ4n) is 9.02. The van der Waals surface area contributed by atoms with Gasteiger partial charge in [-0.1, -0.05) is 178 Å². The molecule has 14 heteroatoms. The lowest BCUT2D eigenvalue weighted by Gasteiger charge is -2.35. The smallest absolute Gasteiger partial charge is 0.388 e. The van der Waals surface area contributed by atoms with Crippen LogP contribution in [0.5, 0.6) is 0 Å². The van der Waals surface area contributed by atoms with Gasteiger partial charge in [-0.05, 0) is 81.0 Å². The Morgan fingerprint density at radius 1 is 0.400 bits per heavy atom. The Balaban J connectivity index is 5.98. The lowest BCUT2D eigenvalue weighted by atomic mass is 9.75. The molecule has 0 spiro atoms. The molecule has 0 fully saturated rings. The number of unbranched alkanes of at least 4 members (excludes halogenated alkanes) is 9. The van der Waals surface area contributed by atoms with Gasteiger partial charge in [0, 0.05) is 0 Å². The van der Waals surface area contributed by atoms with Crippen LogP contribution in [0.1, 0.15) is 243 Å². The maximum atomic E-state index is 13.5. The second-order valence-electron chi connectivity index (χ2n) is 19.8. The quantitative estimate of drug-likeness (QED) is 0.0496. The summed E-state index contributed by atoms with van der Waals surface area (Å²) in [7, 11) is -9.49. The van der Waals surface area contributed by atoms with E-state index in [0.717, 1.165) is 173 Å². The van der Waals surface area contributed by atoms with E-state index in [1.807, 2.05) is 0 Å². The zero-order chi connectivity index (χ0) is 48.9. The molecule has 0 aliphatic rings. The molecule has 65 heavy (non-hydrogen) atoms. The molecular weight excluding hydrogens is 866 g/mol. The van der Waals surface area contributed by atoms with Gasteiger partial charge >= 0.3 is 15.6 Å². The third-order valence-electron chi connectivity index (χ3n) is 13.2. The highest BCUT2D eigenvalue weighted by molar-refractivity contribution is 7.47. The molecule has 0 aromatic heterocycles. The molecule has 0 rings (SSSR count). The average Bonchev–Trinajstić information content (AvgIpc) is 3.28. The molecule has 5 atom stereocenters. The lowest BCUT2D eigenvalue weighted by molar-refractivity contribution is -0.0508. The fraction of sp³-hybridized carbons (Fsp3) is 1.00. The van der Waals surface area contributed by atoms with Crippen molar-refractivity contribution >= 4 is 15.6 Å². The maximum Gasteiger partial charge on any atom is 0.472 e. The molecule has 0 radical (unpaired) electrons. The normalized spacial score (nSPS) is 16.1. The highest BCUT2D eigenvalue weighted by Crippen LogP contribution is 2.48. The third kappa shape index (κ3) is 31.8. The first kappa shape index (κ1) is 65.1. The average molecular weight is 973 g/mol. The van der Waals surface area contributed by atoms with Crippen LogP contribution in [0, 0.1) is 16.2 Å². The molecule has 3 N–H and O–H groups in total. The zero-order valence-corrected chi connectivity index (χ0v) is 45.7. The van der Waals surface area contributed by atoms with Crippen molar-refractivity contribution in [3.05, 3.63) is 0 Å². The summed E-state index contributed by atoms with van der Waals surface area (Å²) in [5.41, 5.74) is 0.0405. The molecular formula is C51H106O12P2. The second kappa shape index (κ2) is 38.8. The molecule has 392 valence electrons. The molecule has 0 heterocycles. The van der Waals surface area contributed by atoms with Gasteiger partial charge in [0.1, 0.15) is 12.2 Å². The number of phosphoric ester groups is 2. The zero-order valence-electron chi connectivity index (χ0n) is 43.9. The van der Waals surface area contributed by atoms with E-state index in [1.54, 1.807) is 6.92 Å². The summed E-state index contributed by atoms with van der Waals surface area (Å²) >= 11 is 0. The Kier molecular flexibility index (Phi) is 38.8. The number of rotatable bonds is 49. The molecule has 5 unspecified atom stereocenters. The minimum absolute atomic E-state index is 0.0374. The monoisotopic (exact) mass is 973 g/mol. The lowest BCUT2D eigenvalue weighted by Crippen LogP contribution is -2.32. The Morgan fingerprint density at radius 2 is 0.677 bits per heavy atom. The van der Waals surface area contributed by atoms with Crippen LogP contribution in [0.4, 0.5) is 0 Å². The molecule has 0 aliphatic carbocycles. The number of hydrogen-bond donors (Lipinski definition) is 3. The van der Waals surface area contributed by atoms with Gasteiger partial charge in [-0.3, -0.25) is 18.1 Å². The van der Waals surface area contributed by atoms with Crippen LogP contribution < -0.4 is 0 Å². The topological polar surface area (TPSA) is 159 Å². The Bertz CT molecular complexity index is 1130. The van der Waals surface area contributed by atoms with E-state index in [9.17, 15) is 24.0 Å². The minimum atomic E-state index is -4.82. The largest absolute Gasteiger partial charge is 0.472 e. The summed E-state index contributed by atoms with van der Waals surface area (Å²) in [5.74, 6) is 0. The first-order valence-corrected chi connectivity index (χ1v) is 29.8. The van der Waals surface area contributed by atoms with Crippen LogP contribution in [0.15, 0.2) is 0 Å². The number of phosphoric acid groups is 2. The van der Waals surface area contributed by atoms with E-state index in [0.29, 0.717) is 19.8 Å². The molecule has 0 aromatic rings. The van der Waals surface area contributed by atoms with Crippen molar-refractivity contribution < 1.29 is 56.3 Å². The Morgan fingerprint density at radius 3 is 1.00 bits per heavy atom. The number of aliphatic hydroxyl groups is 1.